The fourth-order valence-electron chi connectivity index (χ4n) is 3.05. The number of hydrogen-bond donors (Lipinski definition) is 1. The summed E-state index contributed by atoms with van der Waals surface area (Å²) in [6.45, 7) is 7.03. The molecule has 0 bridgehead atoms. The molecule has 1 saturated carbocycles. The maximum atomic E-state index is 6.05. The van der Waals surface area contributed by atoms with Crippen molar-refractivity contribution in [3.8, 4) is 5.75 Å². The van der Waals surface area contributed by atoms with Gasteiger partial charge in [-0.2, -0.15) is 0 Å². The molecule has 1 aromatic heterocycles. The van der Waals surface area contributed by atoms with E-state index < -0.39 is 0 Å². The molecule has 1 fully saturated rings. The Morgan fingerprint density at radius 1 is 1.25 bits per heavy atom. The SMILES string of the molecule is COc1c(N[C@H]2CC[C@@H](C(C)(C)C)CC2)ccnc1Cl. The van der Waals surface area contributed by atoms with Gasteiger partial charge in [0.2, 0.25) is 0 Å². The van der Waals surface area contributed by atoms with Crippen molar-refractivity contribution in [3.05, 3.63) is 17.4 Å². The van der Waals surface area contributed by atoms with E-state index in [1.165, 1.54) is 25.7 Å². The molecule has 0 spiro atoms. The maximum absolute atomic E-state index is 6.05. The first-order valence-corrected chi connectivity index (χ1v) is 7.74. The summed E-state index contributed by atoms with van der Waals surface area (Å²) in [4.78, 5) is 4.05. The van der Waals surface area contributed by atoms with Gasteiger partial charge in [0.15, 0.2) is 10.9 Å². The highest BCUT2D eigenvalue weighted by Crippen LogP contribution is 2.39. The standard InChI is InChI=1S/C16H25ClN2O/c1-16(2,3)11-5-7-12(8-6-11)19-13-9-10-18-15(17)14(13)20-4/h9-12H,5-8H2,1-4H3,(H,18,19)/t11-,12+. The number of nitrogens with zero attached hydrogens (tertiary/aromatic N) is 1. The van der Waals surface area contributed by atoms with Gasteiger partial charge in [0.25, 0.3) is 0 Å². The zero-order valence-corrected chi connectivity index (χ0v) is 13.6. The summed E-state index contributed by atoms with van der Waals surface area (Å²) in [5.74, 6) is 1.47. The van der Waals surface area contributed by atoms with E-state index in [2.05, 4.69) is 31.1 Å². The van der Waals surface area contributed by atoms with Crippen molar-refractivity contribution in [3.63, 3.8) is 0 Å². The lowest BCUT2D eigenvalue weighted by Gasteiger charge is -2.37. The monoisotopic (exact) mass is 296 g/mol. The van der Waals surface area contributed by atoms with E-state index >= 15 is 0 Å². The second-order valence-corrected chi connectivity index (χ2v) is 7.10. The first-order chi connectivity index (χ1) is 9.41. The molecule has 3 nitrogen and oxygen atoms in total. The van der Waals surface area contributed by atoms with E-state index in [0.29, 0.717) is 22.4 Å². The van der Waals surface area contributed by atoms with E-state index in [-0.39, 0.29) is 0 Å². The van der Waals surface area contributed by atoms with E-state index in [1.54, 1.807) is 13.3 Å². The topological polar surface area (TPSA) is 34.1 Å². The summed E-state index contributed by atoms with van der Waals surface area (Å²) in [5.41, 5.74) is 1.37. The van der Waals surface area contributed by atoms with Gasteiger partial charge >= 0.3 is 0 Å². The highest BCUT2D eigenvalue weighted by atomic mass is 35.5. The van der Waals surface area contributed by atoms with E-state index in [9.17, 15) is 0 Å². The Morgan fingerprint density at radius 3 is 2.45 bits per heavy atom. The van der Waals surface area contributed by atoms with Crippen molar-refractivity contribution < 1.29 is 4.74 Å². The molecule has 1 aromatic rings. The van der Waals surface area contributed by atoms with Crippen LogP contribution in [0.25, 0.3) is 0 Å². The van der Waals surface area contributed by atoms with Crippen LogP contribution in [0.15, 0.2) is 12.3 Å². The van der Waals surface area contributed by atoms with Crippen LogP contribution < -0.4 is 10.1 Å². The van der Waals surface area contributed by atoms with Gasteiger partial charge in [0.1, 0.15) is 0 Å². The van der Waals surface area contributed by atoms with Crippen LogP contribution >= 0.6 is 11.6 Å². The Labute approximate surface area is 127 Å². The molecule has 1 aliphatic rings. The summed E-state index contributed by atoms with van der Waals surface area (Å²) in [6.07, 6.45) is 6.68. The molecule has 2 rings (SSSR count). The predicted molar refractivity (Wildman–Crippen MR) is 84.6 cm³/mol. The smallest absolute Gasteiger partial charge is 0.179 e. The summed E-state index contributed by atoms with van der Waals surface area (Å²) in [6, 6.07) is 2.43. The second-order valence-electron chi connectivity index (χ2n) is 6.74. The van der Waals surface area contributed by atoms with E-state index in [4.69, 9.17) is 16.3 Å². The van der Waals surface area contributed by atoms with Crippen LogP contribution in [0.5, 0.6) is 5.75 Å². The number of hydrogen-bond acceptors (Lipinski definition) is 3. The van der Waals surface area contributed by atoms with Crippen LogP contribution in [0.2, 0.25) is 5.15 Å². The molecule has 0 radical (unpaired) electrons. The highest BCUT2D eigenvalue weighted by molar-refractivity contribution is 6.31. The van der Waals surface area contributed by atoms with Crippen molar-refractivity contribution in [2.75, 3.05) is 12.4 Å². The average molecular weight is 297 g/mol. The van der Waals surface area contributed by atoms with E-state index in [1.807, 2.05) is 6.07 Å². The number of ether oxygens (including phenoxy) is 1. The molecule has 1 heterocycles. The minimum atomic E-state index is 0.417. The normalized spacial score (nSPS) is 23.4. The number of pyridine rings is 1. The molecule has 20 heavy (non-hydrogen) atoms. The number of aromatic nitrogens is 1. The molecule has 4 heteroatoms. The fraction of sp³-hybridized carbons (Fsp3) is 0.688. The Morgan fingerprint density at radius 2 is 1.90 bits per heavy atom. The van der Waals surface area contributed by atoms with Crippen LogP contribution in [0.1, 0.15) is 46.5 Å². The number of rotatable bonds is 3. The quantitative estimate of drug-likeness (QED) is 0.817. The number of halogens is 1. The van der Waals surface area contributed by atoms with Gasteiger partial charge in [-0.1, -0.05) is 32.4 Å². The molecule has 112 valence electrons. The van der Waals surface area contributed by atoms with Crippen molar-refractivity contribution in [1.82, 2.24) is 4.98 Å². The third-order valence-electron chi connectivity index (χ3n) is 4.38. The zero-order valence-electron chi connectivity index (χ0n) is 12.9. The number of anilines is 1. The zero-order chi connectivity index (χ0) is 14.8. The van der Waals surface area contributed by atoms with Gasteiger partial charge in [-0.05, 0) is 43.1 Å². The molecule has 0 unspecified atom stereocenters. The lowest BCUT2D eigenvalue weighted by atomic mass is 9.71. The molecule has 1 aliphatic carbocycles. The highest BCUT2D eigenvalue weighted by Gasteiger charge is 2.29. The fourth-order valence-corrected chi connectivity index (χ4v) is 3.29. The van der Waals surface area contributed by atoms with Gasteiger partial charge < -0.3 is 10.1 Å². The summed E-state index contributed by atoms with van der Waals surface area (Å²) in [7, 11) is 1.63. The molecule has 0 amide bonds. The molecule has 1 N–H and O–H groups in total. The molecular formula is C16H25ClN2O. The molecule has 0 atom stereocenters. The minimum Gasteiger partial charge on any atom is -0.491 e. The molecule has 0 saturated heterocycles. The largest absolute Gasteiger partial charge is 0.491 e. The molecular weight excluding hydrogens is 272 g/mol. The Bertz CT molecular complexity index is 448. The van der Waals surface area contributed by atoms with Crippen LogP contribution in [-0.2, 0) is 0 Å². The number of nitrogens with one attached hydrogen (secondary N) is 1. The summed E-state index contributed by atoms with van der Waals surface area (Å²) in [5, 5.41) is 3.98. The van der Waals surface area contributed by atoms with Crippen LogP contribution in [0.4, 0.5) is 5.69 Å². The van der Waals surface area contributed by atoms with Crippen molar-refractivity contribution in [2.24, 2.45) is 11.3 Å². The van der Waals surface area contributed by atoms with Crippen LogP contribution in [0.3, 0.4) is 0 Å². The number of methoxy groups -OCH3 is 1. The predicted octanol–water partition coefficient (Wildman–Crippen LogP) is 4.76. The minimum absolute atomic E-state index is 0.417. The Kier molecular flexibility index (Phi) is 4.79. The lowest BCUT2D eigenvalue weighted by molar-refractivity contribution is 0.173. The van der Waals surface area contributed by atoms with Crippen molar-refractivity contribution in [1.29, 1.82) is 0 Å². The summed E-state index contributed by atoms with van der Waals surface area (Å²) >= 11 is 6.05. The van der Waals surface area contributed by atoms with Gasteiger partial charge in [0.05, 0.1) is 12.8 Å². The molecule has 0 aromatic carbocycles. The third kappa shape index (κ3) is 3.57. The lowest BCUT2D eigenvalue weighted by Crippen LogP contribution is -2.31. The van der Waals surface area contributed by atoms with Gasteiger partial charge in [-0.3, -0.25) is 0 Å². The van der Waals surface area contributed by atoms with Crippen molar-refractivity contribution >= 4 is 17.3 Å². The van der Waals surface area contributed by atoms with Gasteiger partial charge in [-0.15, -0.1) is 0 Å². The first-order valence-electron chi connectivity index (χ1n) is 7.37. The van der Waals surface area contributed by atoms with Gasteiger partial charge in [-0.25, -0.2) is 4.98 Å². The maximum Gasteiger partial charge on any atom is 0.179 e. The Balaban J connectivity index is 1.98. The van der Waals surface area contributed by atoms with E-state index in [0.717, 1.165) is 11.6 Å². The third-order valence-corrected chi connectivity index (χ3v) is 4.65. The van der Waals surface area contributed by atoms with Crippen LogP contribution in [0, 0.1) is 11.3 Å². The van der Waals surface area contributed by atoms with Gasteiger partial charge in [0, 0.05) is 12.2 Å². The average Bonchev–Trinajstić information content (AvgIpc) is 2.38. The summed E-state index contributed by atoms with van der Waals surface area (Å²) < 4.78 is 5.34. The van der Waals surface area contributed by atoms with Crippen LogP contribution in [-0.4, -0.2) is 18.1 Å². The van der Waals surface area contributed by atoms with Crippen molar-refractivity contribution in [2.45, 2.75) is 52.5 Å². The second kappa shape index (κ2) is 6.21. The Hall–Kier alpha value is -0.960. The molecule has 0 aliphatic heterocycles. The first kappa shape index (κ1) is 15.4.